The van der Waals surface area contributed by atoms with Gasteiger partial charge in [0, 0.05) is 16.7 Å². The normalized spacial score (nSPS) is 14.0. The fourth-order valence-corrected chi connectivity index (χ4v) is 7.20. The van der Waals surface area contributed by atoms with E-state index < -0.39 is 8.32 Å². The maximum atomic E-state index is 9.56. The molecule has 0 saturated carbocycles. The largest absolute Gasteiger partial charge is 0.490 e. The molecule has 0 fully saturated rings. The highest BCUT2D eigenvalue weighted by atomic mass is 79.9. The van der Waals surface area contributed by atoms with Crippen molar-refractivity contribution in [3.63, 3.8) is 0 Å². The van der Waals surface area contributed by atoms with Crippen LogP contribution in [-0.4, -0.2) is 30.5 Å². The predicted molar refractivity (Wildman–Crippen MR) is 207 cm³/mol. The molecule has 270 valence electrons. The first-order valence-corrected chi connectivity index (χ1v) is 21.1. The Morgan fingerprint density at radius 3 is 1.88 bits per heavy atom. The van der Waals surface area contributed by atoms with E-state index in [1.54, 1.807) is 36.7 Å². The lowest BCUT2D eigenvalue weighted by atomic mass is 10.0. The molecule has 1 aliphatic carbocycles. The number of nitrogens with zero attached hydrogens (tertiary/aromatic N) is 4. The van der Waals surface area contributed by atoms with Crippen LogP contribution in [0.3, 0.4) is 0 Å². The summed E-state index contributed by atoms with van der Waals surface area (Å²) in [5, 5.41) is 18.8. The number of fused-ring (bicyclic) bond motifs is 1. The zero-order valence-corrected chi connectivity index (χ0v) is 33.8. The number of aromatic nitrogens is 2. The average Bonchev–Trinajstić information content (AvgIpc) is 3.85. The molecule has 0 N–H and O–H groups in total. The smallest absolute Gasteiger partial charge is 0.227 e. The van der Waals surface area contributed by atoms with Crippen LogP contribution in [0.1, 0.15) is 83.2 Å². The van der Waals surface area contributed by atoms with E-state index >= 15 is 0 Å². The van der Waals surface area contributed by atoms with Gasteiger partial charge in [-0.25, -0.2) is 9.97 Å². The zero-order chi connectivity index (χ0) is 37.8. The number of benzene rings is 3. The summed E-state index contributed by atoms with van der Waals surface area (Å²) in [6.45, 7) is 19.2. The molecular weight excluding hydrogens is 736 g/mol. The quantitative estimate of drug-likeness (QED) is 0.134. The van der Waals surface area contributed by atoms with Gasteiger partial charge in [0.05, 0.1) is 41.8 Å². The molecule has 0 aliphatic heterocycles. The molecule has 0 amide bonds. The molecule has 0 radical (unpaired) electrons. The Morgan fingerprint density at radius 2 is 1.38 bits per heavy atom. The summed E-state index contributed by atoms with van der Waals surface area (Å²) in [5.41, 5.74) is 6.05. The summed E-state index contributed by atoms with van der Waals surface area (Å²) in [6, 6.07) is 21.4. The highest BCUT2D eigenvalue weighted by molar-refractivity contribution is 9.10. The molecule has 6 rings (SSSR count). The SMILES string of the molecule is CC(C)Oc1ccc(-c2ncc(-c3cccc4c3CCC4O[Si](C)(C)C(C)(C)C)o2)cc1C#N.CC(C)Oc1ccc(-c2ncc(Br)o2)cc1C#N. The summed E-state index contributed by atoms with van der Waals surface area (Å²) in [6.07, 6.45) is 5.44. The van der Waals surface area contributed by atoms with Gasteiger partial charge in [-0.05, 0) is 122 Å². The van der Waals surface area contributed by atoms with Crippen molar-refractivity contribution >= 4 is 24.2 Å². The topological polar surface area (TPSA) is 127 Å². The van der Waals surface area contributed by atoms with E-state index in [1.807, 2.05) is 39.8 Å². The number of halogens is 1. The zero-order valence-electron chi connectivity index (χ0n) is 31.2. The first kappa shape index (κ1) is 38.5. The molecule has 3 aromatic carbocycles. The lowest BCUT2D eigenvalue weighted by molar-refractivity contribution is 0.185. The van der Waals surface area contributed by atoms with Crippen molar-refractivity contribution in [2.24, 2.45) is 0 Å². The molecule has 1 unspecified atom stereocenters. The Hall–Kier alpha value is -4.68. The number of hydrogen-bond acceptors (Lipinski definition) is 9. The first-order chi connectivity index (χ1) is 24.6. The van der Waals surface area contributed by atoms with Gasteiger partial charge in [-0.2, -0.15) is 10.5 Å². The van der Waals surface area contributed by atoms with Gasteiger partial charge >= 0.3 is 0 Å². The Labute approximate surface area is 315 Å². The minimum absolute atomic E-state index is 0.00379. The number of ether oxygens (including phenoxy) is 2. The van der Waals surface area contributed by atoms with Crippen LogP contribution in [0.5, 0.6) is 11.5 Å². The van der Waals surface area contributed by atoms with Gasteiger partial charge in [-0.15, -0.1) is 0 Å². The van der Waals surface area contributed by atoms with Crippen molar-refractivity contribution in [2.75, 3.05) is 0 Å². The molecule has 5 aromatic rings. The molecule has 2 heterocycles. The third-order valence-electron chi connectivity index (χ3n) is 9.13. The highest BCUT2D eigenvalue weighted by Crippen LogP contribution is 2.46. The van der Waals surface area contributed by atoms with Gasteiger partial charge in [0.1, 0.15) is 23.6 Å². The van der Waals surface area contributed by atoms with Gasteiger partial charge < -0.3 is 22.7 Å². The lowest BCUT2D eigenvalue weighted by Gasteiger charge is -2.38. The van der Waals surface area contributed by atoms with Crippen LogP contribution >= 0.6 is 15.9 Å². The summed E-state index contributed by atoms with van der Waals surface area (Å²) in [5.74, 6) is 2.84. The molecular formula is C41H45BrN4O5Si. The summed E-state index contributed by atoms with van der Waals surface area (Å²) in [7, 11) is -1.87. The number of hydrogen-bond donors (Lipinski definition) is 0. The standard InChI is InChI=1S/C28H34N2O3Si.C13H11BrN2O2/c1-18(2)31-24-13-11-19(15-20(24)16-29)27-30-17-26(32-27)23-10-8-9-22-21(23)12-14-25(22)33-34(6,7)28(3,4)5;1-8(2)17-11-4-3-9(5-10(11)6-15)13-16-7-12(14)18-13/h8-11,13,15,17-18,25H,12,14H2,1-7H3;3-5,7-8H,1-2H3. The Kier molecular flexibility index (Phi) is 11.8. The first-order valence-electron chi connectivity index (χ1n) is 17.4. The molecule has 1 aliphatic rings. The number of rotatable bonds is 9. The van der Waals surface area contributed by atoms with Gasteiger partial charge in [-0.1, -0.05) is 39.0 Å². The summed E-state index contributed by atoms with van der Waals surface area (Å²) in [4.78, 5) is 8.61. The number of oxazole rings is 2. The van der Waals surface area contributed by atoms with Crippen LogP contribution in [0.25, 0.3) is 34.2 Å². The van der Waals surface area contributed by atoms with Crippen molar-refractivity contribution < 1.29 is 22.7 Å². The molecule has 0 saturated heterocycles. The van der Waals surface area contributed by atoms with Crippen LogP contribution in [-0.2, 0) is 10.8 Å². The van der Waals surface area contributed by atoms with Gasteiger partial charge in [-0.3, -0.25) is 0 Å². The fraction of sp³-hybridized carbons (Fsp3) is 0.366. The molecule has 11 heteroatoms. The van der Waals surface area contributed by atoms with E-state index in [9.17, 15) is 5.26 Å². The van der Waals surface area contributed by atoms with Gasteiger partial charge in [0.15, 0.2) is 18.7 Å². The van der Waals surface area contributed by atoms with E-state index in [1.165, 1.54) is 11.1 Å². The van der Waals surface area contributed by atoms with E-state index in [2.05, 4.69) is 90.1 Å². The maximum Gasteiger partial charge on any atom is 0.227 e. The minimum atomic E-state index is -1.87. The molecule has 1 atom stereocenters. The molecule has 9 nitrogen and oxygen atoms in total. The van der Waals surface area contributed by atoms with Crippen molar-refractivity contribution in [3.8, 4) is 57.9 Å². The highest BCUT2D eigenvalue weighted by Gasteiger charge is 2.41. The van der Waals surface area contributed by atoms with E-state index in [0.29, 0.717) is 39.1 Å². The van der Waals surface area contributed by atoms with Crippen molar-refractivity contribution in [2.45, 2.75) is 97.8 Å². The third kappa shape index (κ3) is 8.84. The Morgan fingerprint density at radius 1 is 0.827 bits per heavy atom. The molecule has 0 spiro atoms. The second-order valence-corrected chi connectivity index (χ2v) is 20.3. The predicted octanol–water partition coefficient (Wildman–Crippen LogP) is 11.4. The van der Waals surface area contributed by atoms with E-state index in [4.69, 9.17) is 28.0 Å². The fourth-order valence-electron chi connectivity index (χ4n) is 5.64. The Balaban J connectivity index is 0.000000244. The maximum absolute atomic E-state index is 9.56. The Bertz CT molecular complexity index is 2120. The van der Waals surface area contributed by atoms with Crippen molar-refractivity contribution in [1.82, 2.24) is 9.97 Å². The molecule has 52 heavy (non-hydrogen) atoms. The van der Waals surface area contributed by atoms with Crippen molar-refractivity contribution in [1.29, 1.82) is 10.5 Å². The molecule has 2 aromatic heterocycles. The molecule has 0 bridgehead atoms. The monoisotopic (exact) mass is 780 g/mol. The summed E-state index contributed by atoms with van der Waals surface area (Å²) < 4.78 is 30.2. The second-order valence-electron chi connectivity index (χ2n) is 14.8. The lowest BCUT2D eigenvalue weighted by Crippen LogP contribution is -2.41. The van der Waals surface area contributed by atoms with Gasteiger partial charge in [0.2, 0.25) is 11.8 Å². The van der Waals surface area contributed by atoms with E-state index in [0.717, 1.165) is 35.3 Å². The minimum Gasteiger partial charge on any atom is -0.490 e. The van der Waals surface area contributed by atoms with Crippen LogP contribution in [0, 0.1) is 22.7 Å². The van der Waals surface area contributed by atoms with Crippen LogP contribution < -0.4 is 9.47 Å². The average molecular weight is 782 g/mol. The van der Waals surface area contributed by atoms with Crippen LogP contribution in [0.4, 0.5) is 0 Å². The van der Waals surface area contributed by atoms with Crippen molar-refractivity contribution in [3.05, 3.63) is 93.9 Å². The van der Waals surface area contributed by atoms with Crippen LogP contribution in [0.2, 0.25) is 18.1 Å². The summed E-state index contributed by atoms with van der Waals surface area (Å²) >= 11 is 3.19. The van der Waals surface area contributed by atoms with Gasteiger partial charge in [0.25, 0.3) is 0 Å². The third-order valence-corrected chi connectivity index (χ3v) is 14.0. The number of nitriles is 2. The van der Waals surface area contributed by atoms with E-state index in [-0.39, 0.29) is 23.4 Å². The second kappa shape index (κ2) is 15.9. The van der Waals surface area contributed by atoms with Crippen LogP contribution in [0.15, 0.2) is 80.5 Å².